The smallest absolute Gasteiger partial charge is 0.382 e. The number of hydrogen-bond acceptors (Lipinski definition) is 4. The molecule has 0 spiro atoms. The molecule has 0 aliphatic rings. The van der Waals surface area contributed by atoms with Crippen LogP contribution in [0.2, 0.25) is 0 Å². The number of hydrogen-bond donors (Lipinski definition) is 2. The van der Waals surface area contributed by atoms with Crippen molar-refractivity contribution >= 4 is 11.6 Å². The van der Waals surface area contributed by atoms with Crippen LogP contribution in [-0.2, 0) is 6.18 Å². The highest BCUT2D eigenvalue weighted by molar-refractivity contribution is 5.94. The molecule has 5 nitrogen and oxygen atoms in total. The third-order valence-corrected chi connectivity index (χ3v) is 3.09. The van der Waals surface area contributed by atoms with Crippen LogP contribution in [0.25, 0.3) is 0 Å². The van der Waals surface area contributed by atoms with E-state index in [1.165, 1.54) is 6.20 Å². The summed E-state index contributed by atoms with van der Waals surface area (Å²) in [5.74, 6) is -0.455. The van der Waals surface area contributed by atoms with E-state index in [2.05, 4.69) is 15.6 Å². The molecular formula is C16H13F3N4O. The Balaban J connectivity index is 1.79. The normalized spacial score (nSPS) is 10.8. The van der Waals surface area contributed by atoms with E-state index < -0.39 is 17.6 Å². The SMILES string of the molecule is N#Cc1ccc(NCCNC(=O)c2ccc(C(F)(F)F)cc2)cn1. The Labute approximate surface area is 136 Å². The number of benzene rings is 1. The van der Waals surface area contributed by atoms with Gasteiger partial charge >= 0.3 is 6.18 Å². The number of rotatable bonds is 5. The topological polar surface area (TPSA) is 77.8 Å². The number of anilines is 1. The zero-order valence-corrected chi connectivity index (χ0v) is 12.4. The Bertz CT molecular complexity index is 734. The Hall–Kier alpha value is -3.08. The summed E-state index contributed by atoms with van der Waals surface area (Å²) in [4.78, 5) is 15.7. The molecule has 0 aliphatic carbocycles. The van der Waals surface area contributed by atoms with Gasteiger partial charge in [-0.2, -0.15) is 18.4 Å². The van der Waals surface area contributed by atoms with Gasteiger partial charge in [0.05, 0.1) is 17.4 Å². The zero-order valence-electron chi connectivity index (χ0n) is 12.4. The average Bonchev–Trinajstić information content (AvgIpc) is 2.58. The van der Waals surface area contributed by atoms with Crippen LogP contribution in [-0.4, -0.2) is 24.0 Å². The molecule has 0 aliphatic heterocycles. The first-order valence-electron chi connectivity index (χ1n) is 6.95. The van der Waals surface area contributed by atoms with Crippen molar-refractivity contribution in [2.45, 2.75) is 6.18 Å². The van der Waals surface area contributed by atoms with Crippen molar-refractivity contribution in [3.63, 3.8) is 0 Å². The van der Waals surface area contributed by atoms with E-state index in [4.69, 9.17) is 5.26 Å². The number of amides is 1. The second-order valence-corrected chi connectivity index (χ2v) is 4.80. The molecule has 0 bridgehead atoms. The first-order valence-corrected chi connectivity index (χ1v) is 6.95. The number of nitriles is 1. The van der Waals surface area contributed by atoms with Crippen LogP contribution in [0.5, 0.6) is 0 Å². The van der Waals surface area contributed by atoms with Gasteiger partial charge in [0.1, 0.15) is 11.8 Å². The third kappa shape index (κ3) is 4.71. The van der Waals surface area contributed by atoms with E-state index in [1.54, 1.807) is 12.1 Å². The van der Waals surface area contributed by atoms with Crippen molar-refractivity contribution in [1.29, 1.82) is 5.26 Å². The molecule has 1 amide bonds. The van der Waals surface area contributed by atoms with E-state index >= 15 is 0 Å². The Morgan fingerprint density at radius 3 is 2.38 bits per heavy atom. The molecule has 2 N–H and O–H groups in total. The molecule has 0 atom stereocenters. The van der Waals surface area contributed by atoms with Crippen molar-refractivity contribution in [3.05, 3.63) is 59.4 Å². The van der Waals surface area contributed by atoms with Crippen molar-refractivity contribution in [3.8, 4) is 6.07 Å². The van der Waals surface area contributed by atoms with Gasteiger partial charge in [-0.1, -0.05) is 0 Å². The lowest BCUT2D eigenvalue weighted by Crippen LogP contribution is -2.28. The lowest BCUT2D eigenvalue weighted by atomic mass is 10.1. The summed E-state index contributed by atoms with van der Waals surface area (Å²) in [6, 6.07) is 9.16. The quantitative estimate of drug-likeness (QED) is 0.824. The van der Waals surface area contributed by atoms with Crippen LogP contribution in [0.3, 0.4) is 0 Å². The molecule has 0 saturated heterocycles. The fourth-order valence-electron chi connectivity index (χ4n) is 1.86. The van der Waals surface area contributed by atoms with Crippen LogP contribution in [0.4, 0.5) is 18.9 Å². The van der Waals surface area contributed by atoms with Crippen LogP contribution >= 0.6 is 0 Å². The minimum atomic E-state index is -4.42. The molecule has 2 aromatic rings. The Kier molecular flexibility index (Phi) is 5.37. The van der Waals surface area contributed by atoms with Gasteiger partial charge in [0.2, 0.25) is 0 Å². The molecule has 0 fully saturated rings. The highest BCUT2D eigenvalue weighted by Crippen LogP contribution is 2.29. The van der Waals surface area contributed by atoms with Crippen LogP contribution in [0, 0.1) is 11.3 Å². The Morgan fingerprint density at radius 2 is 1.83 bits per heavy atom. The van der Waals surface area contributed by atoms with E-state index in [0.29, 0.717) is 17.9 Å². The Morgan fingerprint density at radius 1 is 1.12 bits per heavy atom. The fraction of sp³-hybridized carbons (Fsp3) is 0.188. The predicted octanol–water partition coefficient (Wildman–Crippen LogP) is 2.81. The summed E-state index contributed by atoms with van der Waals surface area (Å²) in [5, 5.41) is 14.2. The molecule has 1 heterocycles. The number of nitrogens with one attached hydrogen (secondary N) is 2. The van der Waals surface area contributed by atoms with Gasteiger partial charge in [-0.25, -0.2) is 4.98 Å². The van der Waals surface area contributed by atoms with Gasteiger partial charge in [-0.15, -0.1) is 0 Å². The first kappa shape index (κ1) is 17.3. The largest absolute Gasteiger partial charge is 0.416 e. The second-order valence-electron chi connectivity index (χ2n) is 4.80. The maximum absolute atomic E-state index is 12.4. The first-order chi connectivity index (χ1) is 11.4. The van der Waals surface area contributed by atoms with E-state index in [-0.39, 0.29) is 12.1 Å². The standard InChI is InChI=1S/C16H13F3N4O/c17-16(18,19)12-3-1-11(2-4-12)15(24)22-8-7-21-14-6-5-13(9-20)23-10-14/h1-6,10,21H,7-8H2,(H,22,24). The molecule has 8 heteroatoms. The number of carbonyl (C=O) groups excluding carboxylic acids is 1. The molecule has 1 aromatic carbocycles. The van der Waals surface area contributed by atoms with Crippen molar-refractivity contribution in [2.24, 2.45) is 0 Å². The third-order valence-electron chi connectivity index (χ3n) is 3.09. The predicted molar refractivity (Wildman–Crippen MR) is 81.2 cm³/mol. The van der Waals surface area contributed by atoms with Gasteiger partial charge in [0, 0.05) is 18.7 Å². The fourth-order valence-corrected chi connectivity index (χ4v) is 1.86. The van der Waals surface area contributed by atoms with Gasteiger partial charge < -0.3 is 10.6 Å². The maximum atomic E-state index is 12.4. The van der Waals surface area contributed by atoms with Crippen molar-refractivity contribution < 1.29 is 18.0 Å². The summed E-state index contributed by atoms with van der Waals surface area (Å²) in [6.45, 7) is 0.680. The van der Waals surface area contributed by atoms with Crippen molar-refractivity contribution in [1.82, 2.24) is 10.3 Å². The molecular weight excluding hydrogens is 321 g/mol. The minimum Gasteiger partial charge on any atom is -0.382 e. The second kappa shape index (κ2) is 7.46. The molecule has 0 saturated carbocycles. The summed E-state index contributed by atoms with van der Waals surface area (Å²) in [7, 11) is 0. The van der Waals surface area contributed by atoms with E-state index in [9.17, 15) is 18.0 Å². The van der Waals surface area contributed by atoms with Gasteiger partial charge in [0.25, 0.3) is 5.91 Å². The molecule has 0 radical (unpaired) electrons. The molecule has 2 rings (SSSR count). The average molecular weight is 334 g/mol. The summed E-state index contributed by atoms with van der Waals surface area (Å²) >= 11 is 0. The number of aromatic nitrogens is 1. The van der Waals surface area contributed by atoms with Gasteiger partial charge in [0.15, 0.2) is 0 Å². The van der Waals surface area contributed by atoms with Crippen LogP contribution < -0.4 is 10.6 Å². The lowest BCUT2D eigenvalue weighted by molar-refractivity contribution is -0.137. The highest BCUT2D eigenvalue weighted by atomic mass is 19.4. The molecule has 124 valence electrons. The molecule has 24 heavy (non-hydrogen) atoms. The van der Waals surface area contributed by atoms with Gasteiger partial charge in [-0.05, 0) is 36.4 Å². The summed E-state index contributed by atoms with van der Waals surface area (Å²) in [5.41, 5.74) is 0.353. The van der Waals surface area contributed by atoms with Gasteiger partial charge in [-0.3, -0.25) is 4.79 Å². The van der Waals surface area contributed by atoms with Crippen molar-refractivity contribution in [2.75, 3.05) is 18.4 Å². The number of halogens is 3. The van der Waals surface area contributed by atoms with E-state index in [0.717, 1.165) is 24.3 Å². The van der Waals surface area contributed by atoms with Crippen LogP contribution in [0.15, 0.2) is 42.6 Å². The number of carbonyl (C=O) groups is 1. The molecule has 1 aromatic heterocycles. The summed E-state index contributed by atoms with van der Waals surface area (Å²) in [6.07, 6.45) is -2.93. The number of alkyl halides is 3. The van der Waals surface area contributed by atoms with E-state index in [1.807, 2.05) is 6.07 Å². The number of pyridine rings is 1. The monoisotopic (exact) mass is 334 g/mol. The lowest BCUT2D eigenvalue weighted by Gasteiger charge is -2.09. The minimum absolute atomic E-state index is 0.156. The maximum Gasteiger partial charge on any atom is 0.416 e. The highest BCUT2D eigenvalue weighted by Gasteiger charge is 2.30. The summed E-state index contributed by atoms with van der Waals surface area (Å²) < 4.78 is 37.3. The zero-order chi connectivity index (χ0) is 17.6. The number of nitrogens with zero attached hydrogens (tertiary/aromatic N) is 2. The van der Waals surface area contributed by atoms with Crippen LogP contribution in [0.1, 0.15) is 21.6 Å². The molecule has 0 unspecified atom stereocenters.